The zero-order valence-corrected chi connectivity index (χ0v) is 17.2. The molecule has 0 radical (unpaired) electrons. The van der Waals surface area contributed by atoms with Crippen LogP contribution in [-0.4, -0.2) is 58.9 Å². The van der Waals surface area contributed by atoms with Gasteiger partial charge in [0.1, 0.15) is 5.69 Å². The van der Waals surface area contributed by atoms with Gasteiger partial charge in [0.15, 0.2) is 5.15 Å². The van der Waals surface area contributed by atoms with Gasteiger partial charge in [-0.25, -0.2) is 4.68 Å². The first-order valence-electron chi connectivity index (χ1n) is 9.41. The molecule has 148 valence electrons. The minimum Gasteiger partial charge on any atom is -0.343 e. The Bertz CT molecular complexity index is 732. The van der Waals surface area contributed by atoms with Crippen LogP contribution < -0.4 is 4.90 Å². The molecule has 8 heteroatoms. The number of nitrogens with zero attached hydrogens (tertiary/aromatic N) is 5. The number of aromatic nitrogens is 2. The molecule has 0 unspecified atom stereocenters. The van der Waals surface area contributed by atoms with Crippen molar-refractivity contribution in [2.75, 3.05) is 31.1 Å². The van der Waals surface area contributed by atoms with Gasteiger partial charge in [0.25, 0.3) is 0 Å². The summed E-state index contributed by atoms with van der Waals surface area (Å²) in [6, 6.07) is 0. The van der Waals surface area contributed by atoms with E-state index >= 15 is 0 Å². The van der Waals surface area contributed by atoms with Crippen molar-refractivity contribution in [2.45, 2.75) is 40.5 Å². The first-order valence-corrected chi connectivity index (χ1v) is 9.79. The third-order valence-corrected chi connectivity index (χ3v) is 5.05. The molecule has 1 aromatic heterocycles. The average molecular weight is 394 g/mol. The number of hydrogen-bond donors (Lipinski definition) is 0. The van der Waals surface area contributed by atoms with E-state index in [-0.39, 0.29) is 22.9 Å². The predicted octanol–water partition coefficient (Wildman–Crippen LogP) is 3.10. The second-order valence-corrected chi connectivity index (χ2v) is 6.81. The maximum absolute atomic E-state index is 13.1. The number of likely N-dealkylation sites (tertiary alicyclic amines) is 1. The van der Waals surface area contributed by atoms with Gasteiger partial charge in [-0.3, -0.25) is 14.6 Å². The SMILES string of the molecule is CC=C(C=NCC)n1cc(N(CC)C(=O)C2CCN(C(C)=O)CC2)c(Cl)n1. The molecule has 0 N–H and O–H groups in total. The van der Waals surface area contributed by atoms with Gasteiger partial charge in [0, 0.05) is 45.2 Å². The number of rotatable bonds is 6. The number of piperidine rings is 1. The molecule has 2 amide bonds. The van der Waals surface area contributed by atoms with Crippen LogP contribution in [0, 0.1) is 5.92 Å². The maximum atomic E-state index is 13.1. The van der Waals surface area contributed by atoms with Crippen LogP contribution in [0.25, 0.3) is 5.70 Å². The van der Waals surface area contributed by atoms with Crippen LogP contribution in [-0.2, 0) is 9.59 Å². The lowest BCUT2D eigenvalue weighted by Gasteiger charge is -2.33. The topological polar surface area (TPSA) is 70.8 Å². The molecule has 1 fully saturated rings. The largest absolute Gasteiger partial charge is 0.343 e. The molecule has 0 bridgehead atoms. The van der Waals surface area contributed by atoms with Gasteiger partial charge in [-0.05, 0) is 33.6 Å². The molecule has 0 aliphatic carbocycles. The fourth-order valence-corrected chi connectivity index (χ4v) is 3.45. The van der Waals surface area contributed by atoms with E-state index in [0.717, 1.165) is 5.70 Å². The molecule has 1 aromatic rings. The number of carbonyl (C=O) groups is 2. The highest BCUT2D eigenvalue weighted by Crippen LogP contribution is 2.29. The van der Waals surface area contributed by atoms with E-state index in [9.17, 15) is 9.59 Å². The highest BCUT2D eigenvalue weighted by molar-refractivity contribution is 6.32. The van der Waals surface area contributed by atoms with Gasteiger partial charge in [-0.1, -0.05) is 17.7 Å². The number of amides is 2. The number of hydrogen-bond acceptors (Lipinski definition) is 4. The summed E-state index contributed by atoms with van der Waals surface area (Å²) in [5.74, 6) is -0.0144. The number of anilines is 1. The Morgan fingerprint density at radius 3 is 2.56 bits per heavy atom. The van der Waals surface area contributed by atoms with Gasteiger partial charge in [0.2, 0.25) is 11.8 Å². The van der Waals surface area contributed by atoms with Gasteiger partial charge in [-0.2, -0.15) is 5.10 Å². The summed E-state index contributed by atoms with van der Waals surface area (Å²) in [7, 11) is 0. The Kier molecular flexibility index (Phi) is 7.59. The smallest absolute Gasteiger partial charge is 0.230 e. The van der Waals surface area contributed by atoms with Gasteiger partial charge >= 0.3 is 0 Å². The van der Waals surface area contributed by atoms with Crippen LogP contribution in [0.15, 0.2) is 17.3 Å². The molecule has 7 nitrogen and oxygen atoms in total. The van der Waals surface area contributed by atoms with Crippen molar-refractivity contribution in [1.82, 2.24) is 14.7 Å². The number of halogens is 1. The predicted molar refractivity (Wildman–Crippen MR) is 109 cm³/mol. The van der Waals surface area contributed by atoms with E-state index in [2.05, 4.69) is 10.1 Å². The highest BCUT2D eigenvalue weighted by atomic mass is 35.5. The summed E-state index contributed by atoms with van der Waals surface area (Å²) in [6.45, 7) is 9.76. The van der Waals surface area contributed by atoms with Gasteiger partial charge in [-0.15, -0.1) is 0 Å². The molecule has 2 heterocycles. The minimum absolute atomic E-state index is 0.0337. The lowest BCUT2D eigenvalue weighted by Crippen LogP contribution is -2.44. The minimum atomic E-state index is -0.109. The quantitative estimate of drug-likeness (QED) is 0.697. The van der Waals surface area contributed by atoms with E-state index in [1.807, 2.05) is 26.8 Å². The normalized spacial score (nSPS) is 16.2. The maximum Gasteiger partial charge on any atom is 0.230 e. The van der Waals surface area contributed by atoms with E-state index in [4.69, 9.17) is 11.6 Å². The first kappa shape index (κ1) is 21.2. The van der Waals surface area contributed by atoms with Crippen LogP contribution in [0.2, 0.25) is 5.15 Å². The lowest BCUT2D eigenvalue weighted by atomic mass is 9.95. The third-order valence-electron chi connectivity index (χ3n) is 4.78. The van der Waals surface area contributed by atoms with Crippen LogP contribution in [0.5, 0.6) is 0 Å². The fraction of sp³-hybridized carbons (Fsp3) is 0.579. The van der Waals surface area contributed by atoms with Crippen LogP contribution >= 0.6 is 11.6 Å². The Labute approximate surface area is 165 Å². The zero-order chi connectivity index (χ0) is 20.0. The Hall–Kier alpha value is -2.15. The van der Waals surface area contributed by atoms with E-state index in [1.165, 1.54) is 0 Å². The summed E-state index contributed by atoms with van der Waals surface area (Å²) in [4.78, 5) is 32.3. The third kappa shape index (κ3) is 4.97. The summed E-state index contributed by atoms with van der Waals surface area (Å²) < 4.78 is 1.64. The number of carbonyl (C=O) groups excluding carboxylic acids is 2. The van der Waals surface area contributed by atoms with Crippen molar-refractivity contribution >= 4 is 41.0 Å². The fourth-order valence-electron chi connectivity index (χ4n) is 3.21. The molecule has 1 aliphatic heterocycles. The standard InChI is InChI=1S/C19H28ClN5O2/c1-5-16(12-21-6-2)25-13-17(18(20)22-25)24(7-3)19(27)15-8-10-23(11-9-15)14(4)26/h5,12-13,15H,6-11H2,1-4H3. The van der Waals surface area contributed by atoms with Crippen LogP contribution in [0.3, 0.4) is 0 Å². The van der Waals surface area contributed by atoms with Crippen molar-refractivity contribution in [3.8, 4) is 0 Å². The van der Waals surface area contributed by atoms with Gasteiger partial charge < -0.3 is 9.80 Å². The van der Waals surface area contributed by atoms with Crippen molar-refractivity contribution in [3.05, 3.63) is 17.4 Å². The second-order valence-electron chi connectivity index (χ2n) is 6.45. The zero-order valence-electron chi connectivity index (χ0n) is 16.5. The van der Waals surface area contributed by atoms with Crippen LogP contribution in [0.4, 0.5) is 5.69 Å². The lowest BCUT2D eigenvalue weighted by molar-refractivity contribution is -0.133. The van der Waals surface area contributed by atoms with Crippen molar-refractivity contribution in [2.24, 2.45) is 10.9 Å². The molecule has 2 rings (SSSR count). The Morgan fingerprint density at radius 2 is 2.04 bits per heavy atom. The van der Waals surface area contributed by atoms with Crippen molar-refractivity contribution in [1.29, 1.82) is 0 Å². The molecule has 0 saturated carbocycles. The van der Waals surface area contributed by atoms with Crippen molar-refractivity contribution in [3.63, 3.8) is 0 Å². The summed E-state index contributed by atoms with van der Waals surface area (Å²) in [6.07, 6.45) is 6.74. The van der Waals surface area contributed by atoms with Crippen LogP contribution in [0.1, 0.15) is 40.5 Å². The summed E-state index contributed by atoms with van der Waals surface area (Å²) >= 11 is 6.35. The highest BCUT2D eigenvalue weighted by Gasteiger charge is 2.31. The molecule has 0 spiro atoms. The monoisotopic (exact) mass is 393 g/mol. The summed E-state index contributed by atoms with van der Waals surface area (Å²) in [5, 5.41) is 4.63. The number of allylic oxidation sites excluding steroid dienone is 2. The van der Waals surface area contributed by atoms with E-state index < -0.39 is 0 Å². The molecule has 1 aliphatic rings. The molecule has 27 heavy (non-hydrogen) atoms. The first-order chi connectivity index (χ1) is 12.9. The van der Waals surface area contributed by atoms with E-state index in [1.54, 1.807) is 33.8 Å². The average Bonchev–Trinajstić information content (AvgIpc) is 3.04. The van der Waals surface area contributed by atoms with Crippen molar-refractivity contribution < 1.29 is 9.59 Å². The Morgan fingerprint density at radius 1 is 1.37 bits per heavy atom. The molecular formula is C19H28ClN5O2. The van der Waals surface area contributed by atoms with E-state index in [0.29, 0.717) is 44.7 Å². The number of aliphatic imine (C=N–C) groups is 1. The molecule has 1 saturated heterocycles. The second kappa shape index (κ2) is 9.69. The van der Waals surface area contributed by atoms with Gasteiger partial charge in [0.05, 0.1) is 11.9 Å². The summed E-state index contributed by atoms with van der Waals surface area (Å²) in [5.41, 5.74) is 1.39. The molecule has 0 atom stereocenters. The molecular weight excluding hydrogens is 366 g/mol. The Balaban J connectivity index is 2.19. The molecule has 0 aromatic carbocycles.